The van der Waals surface area contributed by atoms with Gasteiger partial charge in [0, 0.05) is 49.2 Å². The minimum atomic E-state index is -0.876. The summed E-state index contributed by atoms with van der Waals surface area (Å²) in [6.45, 7) is 4.79. The summed E-state index contributed by atoms with van der Waals surface area (Å²) in [7, 11) is 0. The molecule has 4 heterocycles. The Balaban J connectivity index is 1.18. The summed E-state index contributed by atoms with van der Waals surface area (Å²) >= 11 is 0. The molecule has 0 radical (unpaired) electrons. The van der Waals surface area contributed by atoms with E-state index < -0.39 is 22.7 Å². The summed E-state index contributed by atoms with van der Waals surface area (Å²) in [5.74, 6) is -1.04. The third-order valence-corrected chi connectivity index (χ3v) is 9.22. The monoisotopic (exact) mass is 559 g/mol. The molecule has 0 unspecified atom stereocenters. The molecule has 214 valence electrons. The number of nitrogens with one attached hydrogen (secondary N) is 2. The first kappa shape index (κ1) is 27.4. The van der Waals surface area contributed by atoms with Gasteiger partial charge >= 0.3 is 0 Å². The van der Waals surface area contributed by atoms with E-state index in [1.165, 1.54) is 12.1 Å². The average molecular weight is 560 g/mol. The van der Waals surface area contributed by atoms with Crippen LogP contribution in [0.15, 0.2) is 48.8 Å². The Labute approximate surface area is 238 Å². The zero-order valence-electron chi connectivity index (χ0n) is 23.5. The maximum absolute atomic E-state index is 14.2. The molecule has 1 spiro atoms. The Kier molecular flexibility index (Phi) is 7.09. The number of nitrogens with zero attached hydrogens (tertiary/aromatic N) is 3. The largest absolute Gasteiger partial charge is 0.330 e. The molecule has 2 fully saturated rings. The molecule has 3 aliphatic rings. The van der Waals surface area contributed by atoms with Crippen LogP contribution in [-0.4, -0.2) is 45.3 Å². The number of hydrogen-bond acceptors (Lipinski definition) is 5. The van der Waals surface area contributed by atoms with E-state index in [1.807, 2.05) is 37.1 Å². The first-order valence-electron chi connectivity index (χ1n) is 14.4. The predicted octanol–water partition coefficient (Wildman–Crippen LogP) is 4.93. The van der Waals surface area contributed by atoms with Crippen LogP contribution in [0.1, 0.15) is 72.9 Å². The topological polar surface area (TPSA) is 87.2 Å². The zero-order chi connectivity index (χ0) is 28.8. The quantitative estimate of drug-likeness (QED) is 0.429. The van der Waals surface area contributed by atoms with E-state index in [0.29, 0.717) is 43.7 Å². The van der Waals surface area contributed by atoms with Crippen molar-refractivity contribution in [3.05, 3.63) is 88.4 Å². The number of aromatic nitrogens is 2. The molecule has 1 saturated heterocycles. The summed E-state index contributed by atoms with van der Waals surface area (Å²) < 4.78 is 28.5. The van der Waals surface area contributed by atoms with E-state index >= 15 is 0 Å². The van der Waals surface area contributed by atoms with Crippen molar-refractivity contribution in [2.45, 2.75) is 75.8 Å². The fourth-order valence-electron chi connectivity index (χ4n) is 6.83. The molecule has 3 aromatic rings. The Morgan fingerprint density at radius 1 is 1.07 bits per heavy atom. The summed E-state index contributed by atoms with van der Waals surface area (Å²) in [6.07, 6.45) is 8.91. The number of piperazine rings is 1. The average Bonchev–Trinajstić information content (AvgIpc) is 3.54. The van der Waals surface area contributed by atoms with Gasteiger partial charge in [0.1, 0.15) is 17.5 Å². The number of fused-ring (bicyclic) bond motifs is 1. The van der Waals surface area contributed by atoms with Crippen LogP contribution < -0.4 is 10.6 Å². The van der Waals surface area contributed by atoms with Gasteiger partial charge in [-0.15, -0.1) is 0 Å². The van der Waals surface area contributed by atoms with Crippen LogP contribution in [0.25, 0.3) is 0 Å². The van der Waals surface area contributed by atoms with Gasteiger partial charge in [-0.05, 0) is 74.4 Å². The van der Waals surface area contributed by atoms with Gasteiger partial charge in [-0.25, -0.2) is 13.8 Å². The molecule has 2 aromatic heterocycles. The standard InChI is InChI=1S/C32H35F2N5O2/c1-20-13-21(18-36-27(20)17-26-25-8-5-11-35-28(25)38-29(26)40)7-6-12-39-30(41)32(9-3-4-10-32)37-19-31(39,2)22-14-23(33)16-24(34)15-22/h5,8,11,13-16,18,26,37H,3-4,6-7,9-10,12,17,19H2,1-2H3,(H,35,38,40)/t26-,31-/m0/s1. The van der Waals surface area contributed by atoms with Crippen molar-refractivity contribution in [1.29, 1.82) is 0 Å². The molecule has 6 rings (SSSR count). The lowest BCUT2D eigenvalue weighted by atomic mass is 9.81. The molecule has 1 saturated carbocycles. The molecule has 2 aliphatic heterocycles. The van der Waals surface area contributed by atoms with Gasteiger partial charge in [-0.2, -0.15) is 0 Å². The predicted molar refractivity (Wildman–Crippen MR) is 151 cm³/mol. The Morgan fingerprint density at radius 2 is 1.83 bits per heavy atom. The van der Waals surface area contributed by atoms with Crippen LogP contribution in [0.5, 0.6) is 0 Å². The SMILES string of the molecule is Cc1cc(CCCN2C(=O)C3(CCCC3)NC[C@@]2(C)c2cc(F)cc(F)c2)cnc1C[C@@H]1C(=O)Nc2ncccc21. The highest BCUT2D eigenvalue weighted by atomic mass is 19.1. The molecule has 41 heavy (non-hydrogen) atoms. The number of halogens is 2. The Hall–Kier alpha value is -3.72. The van der Waals surface area contributed by atoms with Crippen LogP contribution in [0.3, 0.4) is 0 Å². The van der Waals surface area contributed by atoms with Gasteiger partial charge < -0.3 is 15.5 Å². The molecular formula is C32H35F2N5O2. The van der Waals surface area contributed by atoms with Crippen LogP contribution >= 0.6 is 0 Å². The minimum absolute atomic E-state index is 0.0164. The van der Waals surface area contributed by atoms with Gasteiger partial charge in [-0.3, -0.25) is 14.6 Å². The fraction of sp³-hybridized carbons (Fsp3) is 0.438. The third kappa shape index (κ3) is 5.01. The second-order valence-corrected chi connectivity index (χ2v) is 11.9. The van der Waals surface area contributed by atoms with E-state index in [2.05, 4.69) is 21.7 Å². The first-order valence-corrected chi connectivity index (χ1v) is 14.4. The van der Waals surface area contributed by atoms with Gasteiger partial charge in [0.25, 0.3) is 0 Å². The fourth-order valence-corrected chi connectivity index (χ4v) is 6.83. The van der Waals surface area contributed by atoms with E-state index in [9.17, 15) is 18.4 Å². The van der Waals surface area contributed by atoms with E-state index in [0.717, 1.165) is 54.1 Å². The number of anilines is 1. The van der Waals surface area contributed by atoms with E-state index in [-0.39, 0.29) is 17.7 Å². The van der Waals surface area contributed by atoms with E-state index in [4.69, 9.17) is 4.98 Å². The highest BCUT2D eigenvalue weighted by molar-refractivity contribution is 6.01. The van der Waals surface area contributed by atoms with Crippen molar-refractivity contribution >= 4 is 17.6 Å². The Bertz CT molecular complexity index is 1480. The lowest BCUT2D eigenvalue weighted by Crippen LogP contribution is -2.70. The highest BCUT2D eigenvalue weighted by Crippen LogP contribution is 2.41. The molecule has 2 amide bonds. The second kappa shape index (κ2) is 10.6. The number of carbonyl (C=O) groups excluding carboxylic acids is 2. The van der Waals surface area contributed by atoms with Gasteiger partial charge in [0.15, 0.2) is 0 Å². The van der Waals surface area contributed by atoms with Crippen molar-refractivity contribution in [2.24, 2.45) is 0 Å². The van der Waals surface area contributed by atoms with Crippen LogP contribution in [-0.2, 0) is 28.0 Å². The summed E-state index contributed by atoms with van der Waals surface area (Å²) in [5, 5.41) is 6.33. The molecule has 1 aliphatic carbocycles. The number of amides is 2. The number of hydrogen-bond donors (Lipinski definition) is 2. The van der Waals surface area contributed by atoms with Crippen molar-refractivity contribution in [3.63, 3.8) is 0 Å². The van der Waals surface area contributed by atoms with Gasteiger partial charge in [-0.1, -0.05) is 25.0 Å². The number of carbonyl (C=O) groups is 2. The van der Waals surface area contributed by atoms with E-state index in [1.54, 1.807) is 6.20 Å². The lowest BCUT2D eigenvalue weighted by Gasteiger charge is -2.52. The molecule has 2 atom stereocenters. The lowest BCUT2D eigenvalue weighted by molar-refractivity contribution is -0.151. The second-order valence-electron chi connectivity index (χ2n) is 11.9. The van der Waals surface area contributed by atoms with Gasteiger partial charge in [0.2, 0.25) is 11.8 Å². The van der Waals surface area contributed by atoms with Crippen molar-refractivity contribution < 1.29 is 18.4 Å². The number of pyridine rings is 2. The van der Waals surface area contributed by atoms with Gasteiger partial charge in [0.05, 0.1) is 17.0 Å². The third-order valence-electron chi connectivity index (χ3n) is 9.22. The molecule has 2 N–H and O–H groups in total. The summed E-state index contributed by atoms with van der Waals surface area (Å²) in [4.78, 5) is 37.3. The van der Waals surface area contributed by atoms with Crippen LogP contribution in [0.2, 0.25) is 0 Å². The molecule has 1 aromatic carbocycles. The molecular weight excluding hydrogens is 524 g/mol. The number of benzene rings is 1. The molecule has 0 bridgehead atoms. The normalized spacial score (nSPS) is 23.2. The highest BCUT2D eigenvalue weighted by Gasteiger charge is 2.53. The van der Waals surface area contributed by atoms with Crippen LogP contribution in [0.4, 0.5) is 14.6 Å². The number of rotatable bonds is 7. The summed E-state index contributed by atoms with van der Waals surface area (Å²) in [5.41, 5.74) is 2.80. The number of aryl methyl sites for hydroxylation is 2. The van der Waals surface area contributed by atoms with Crippen molar-refractivity contribution in [1.82, 2.24) is 20.2 Å². The van der Waals surface area contributed by atoms with Crippen molar-refractivity contribution in [3.8, 4) is 0 Å². The maximum Gasteiger partial charge on any atom is 0.243 e. The zero-order valence-corrected chi connectivity index (χ0v) is 23.5. The van der Waals surface area contributed by atoms with Crippen molar-refractivity contribution in [2.75, 3.05) is 18.4 Å². The molecule has 9 heteroatoms. The first-order chi connectivity index (χ1) is 19.7. The maximum atomic E-state index is 14.2. The smallest absolute Gasteiger partial charge is 0.243 e. The molecule has 7 nitrogen and oxygen atoms in total. The Morgan fingerprint density at radius 3 is 2.56 bits per heavy atom. The summed E-state index contributed by atoms with van der Waals surface area (Å²) in [6, 6.07) is 9.39. The van der Waals surface area contributed by atoms with Crippen LogP contribution in [0, 0.1) is 18.6 Å². The minimum Gasteiger partial charge on any atom is -0.330 e.